The molecule has 0 radical (unpaired) electrons. The van der Waals surface area contributed by atoms with Crippen LogP contribution < -0.4 is 10.5 Å². The maximum absolute atomic E-state index is 11.7. The number of primary sulfonamides is 1. The second-order valence-electron chi connectivity index (χ2n) is 7.37. The first-order valence-corrected chi connectivity index (χ1v) is 10.3. The maximum Gasteiger partial charge on any atom is 0.238 e. The molecule has 5 heteroatoms. The normalized spacial score (nSPS) is 31.8. The van der Waals surface area contributed by atoms with Gasteiger partial charge < -0.3 is 5.32 Å². The van der Waals surface area contributed by atoms with Crippen molar-refractivity contribution in [1.29, 1.82) is 0 Å². The SMILES string of the molecule is CC1=CCC([C@@H]2Nc3ccc(S(N)(=O)=O)cc3[C@@H]3CCC[C@@H]32)C=C1. The Labute approximate surface area is 143 Å². The van der Waals surface area contributed by atoms with Gasteiger partial charge in [0.15, 0.2) is 0 Å². The van der Waals surface area contributed by atoms with Crippen molar-refractivity contribution >= 4 is 15.7 Å². The number of sulfonamides is 1. The molecule has 1 heterocycles. The van der Waals surface area contributed by atoms with E-state index in [4.69, 9.17) is 5.14 Å². The van der Waals surface area contributed by atoms with Crippen molar-refractivity contribution in [3.8, 4) is 0 Å². The Bertz CT molecular complexity index is 826. The van der Waals surface area contributed by atoms with Crippen molar-refractivity contribution < 1.29 is 8.42 Å². The summed E-state index contributed by atoms with van der Waals surface area (Å²) in [6.07, 6.45) is 11.5. The number of hydrogen-bond donors (Lipinski definition) is 2. The van der Waals surface area contributed by atoms with Crippen molar-refractivity contribution in [2.45, 2.75) is 49.5 Å². The zero-order valence-electron chi connectivity index (χ0n) is 13.9. The van der Waals surface area contributed by atoms with Gasteiger partial charge in [0.2, 0.25) is 10.0 Å². The van der Waals surface area contributed by atoms with Gasteiger partial charge in [0.25, 0.3) is 0 Å². The van der Waals surface area contributed by atoms with E-state index < -0.39 is 10.0 Å². The number of nitrogens with one attached hydrogen (secondary N) is 1. The van der Waals surface area contributed by atoms with Crippen molar-refractivity contribution in [1.82, 2.24) is 0 Å². The molecule has 4 atom stereocenters. The number of anilines is 1. The van der Waals surface area contributed by atoms with Crippen LogP contribution in [-0.4, -0.2) is 14.5 Å². The van der Waals surface area contributed by atoms with Crippen molar-refractivity contribution in [2.24, 2.45) is 17.0 Å². The summed E-state index contributed by atoms with van der Waals surface area (Å²) in [6.45, 7) is 2.14. The fourth-order valence-corrected chi connectivity index (χ4v) is 5.23. The number of allylic oxidation sites excluding steroid dienone is 3. The van der Waals surface area contributed by atoms with Gasteiger partial charge in [0.1, 0.15) is 0 Å². The molecular formula is C19H24N2O2S. The second-order valence-corrected chi connectivity index (χ2v) is 8.93. The molecule has 1 aromatic rings. The number of fused-ring (bicyclic) bond motifs is 3. The first-order valence-electron chi connectivity index (χ1n) is 8.72. The van der Waals surface area contributed by atoms with Gasteiger partial charge in [-0.3, -0.25) is 0 Å². The first kappa shape index (κ1) is 15.9. The quantitative estimate of drug-likeness (QED) is 0.862. The average molecular weight is 344 g/mol. The predicted molar refractivity (Wildman–Crippen MR) is 96.3 cm³/mol. The van der Waals surface area contributed by atoms with Crippen LogP contribution in [0.3, 0.4) is 0 Å². The van der Waals surface area contributed by atoms with Crippen LogP contribution in [0.4, 0.5) is 5.69 Å². The molecule has 0 amide bonds. The average Bonchev–Trinajstić information content (AvgIpc) is 3.03. The molecule has 4 nitrogen and oxygen atoms in total. The molecule has 0 saturated heterocycles. The molecule has 1 saturated carbocycles. The topological polar surface area (TPSA) is 72.2 Å². The minimum Gasteiger partial charge on any atom is -0.381 e. The van der Waals surface area contributed by atoms with E-state index in [1.807, 2.05) is 6.07 Å². The Kier molecular flexibility index (Phi) is 3.81. The van der Waals surface area contributed by atoms with Crippen LogP contribution in [0, 0.1) is 11.8 Å². The van der Waals surface area contributed by atoms with E-state index in [-0.39, 0.29) is 4.90 Å². The van der Waals surface area contributed by atoms with Crippen molar-refractivity contribution in [3.63, 3.8) is 0 Å². The van der Waals surface area contributed by atoms with Gasteiger partial charge in [-0.2, -0.15) is 0 Å². The monoisotopic (exact) mass is 344 g/mol. The number of benzene rings is 1. The van der Waals surface area contributed by atoms with Gasteiger partial charge in [-0.1, -0.05) is 30.2 Å². The molecule has 0 spiro atoms. The zero-order chi connectivity index (χ0) is 16.9. The summed E-state index contributed by atoms with van der Waals surface area (Å²) in [5.74, 6) is 1.51. The van der Waals surface area contributed by atoms with E-state index >= 15 is 0 Å². The zero-order valence-corrected chi connectivity index (χ0v) is 14.7. The highest BCUT2D eigenvalue weighted by Gasteiger charge is 2.42. The van der Waals surface area contributed by atoms with E-state index in [2.05, 4.69) is 30.5 Å². The lowest BCUT2D eigenvalue weighted by Crippen LogP contribution is -2.41. The molecule has 1 fully saturated rings. The maximum atomic E-state index is 11.7. The van der Waals surface area contributed by atoms with E-state index in [0.29, 0.717) is 23.8 Å². The molecule has 0 aromatic heterocycles. The Hall–Kier alpha value is -1.59. The van der Waals surface area contributed by atoms with Gasteiger partial charge in [0.05, 0.1) is 4.90 Å². The summed E-state index contributed by atoms with van der Waals surface area (Å²) in [6, 6.07) is 5.72. The molecule has 128 valence electrons. The third kappa shape index (κ3) is 2.70. The minimum absolute atomic E-state index is 0.225. The highest BCUT2D eigenvalue weighted by Crippen LogP contribution is 2.50. The van der Waals surface area contributed by atoms with Crippen LogP contribution in [-0.2, 0) is 10.0 Å². The van der Waals surface area contributed by atoms with Crippen molar-refractivity contribution in [2.75, 3.05) is 5.32 Å². The summed E-state index contributed by atoms with van der Waals surface area (Å²) >= 11 is 0. The first-order chi connectivity index (χ1) is 11.4. The van der Waals surface area contributed by atoms with Gasteiger partial charge in [0, 0.05) is 17.6 Å². The van der Waals surface area contributed by atoms with E-state index in [1.165, 1.54) is 18.4 Å². The van der Waals surface area contributed by atoms with Crippen LogP contribution in [0.25, 0.3) is 0 Å². The molecule has 24 heavy (non-hydrogen) atoms. The lowest BCUT2D eigenvalue weighted by molar-refractivity contribution is 0.335. The molecular weight excluding hydrogens is 320 g/mol. The standard InChI is InChI=1S/C19H24N2O2S/c1-12-5-7-13(8-6-12)19-16-4-2-3-15(16)17-11-14(24(20,22)23)9-10-18(17)21-19/h5-7,9-11,13,15-16,19,21H,2-4,8H2,1H3,(H2,20,22,23)/t13?,15-,16+,19+/m1/s1. The smallest absolute Gasteiger partial charge is 0.238 e. The Balaban J connectivity index is 1.70. The number of rotatable bonds is 2. The molecule has 1 unspecified atom stereocenters. The van der Waals surface area contributed by atoms with E-state index in [9.17, 15) is 8.42 Å². The molecule has 4 rings (SSSR count). The van der Waals surface area contributed by atoms with Gasteiger partial charge in [-0.05, 0) is 61.8 Å². The van der Waals surface area contributed by atoms with Crippen LogP contribution in [0.1, 0.15) is 44.1 Å². The summed E-state index contributed by atoms with van der Waals surface area (Å²) in [7, 11) is -3.65. The van der Waals surface area contributed by atoms with Crippen LogP contribution in [0.15, 0.2) is 46.9 Å². The Morgan fingerprint density at radius 3 is 2.79 bits per heavy atom. The molecule has 2 aliphatic carbocycles. The molecule has 0 bridgehead atoms. The predicted octanol–water partition coefficient (Wildman–Crippen LogP) is 3.53. The third-order valence-electron chi connectivity index (χ3n) is 5.88. The van der Waals surface area contributed by atoms with Gasteiger partial charge >= 0.3 is 0 Å². The highest BCUT2D eigenvalue weighted by atomic mass is 32.2. The molecule has 1 aromatic carbocycles. The Morgan fingerprint density at radius 2 is 2.08 bits per heavy atom. The molecule has 3 N–H and O–H groups in total. The lowest BCUT2D eigenvalue weighted by atomic mass is 9.73. The highest BCUT2D eigenvalue weighted by molar-refractivity contribution is 7.89. The van der Waals surface area contributed by atoms with Crippen LogP contribution >= 0.6 is 0 Å². The van der Waals surface area contributed by atoms with E-state index in [0.717, 1.165) is 24.1 Å². The summed E-state index contributed by atoms with van der Waals surface area (Å²) in [5.41, 5.74) is 3.55. The lowest BCUT2D eigenvalue weighted by Gasteiger charge is -2.41. The third-order valence-corrected chi connectivity index (χ3v) is 6.79. The van der Waals surface area contributed by atoms with E-state index in [1.54, 1.807) is 12.1 Å². The van der Waals surface area contributed by atoms with Crippen LogP contribution in [0.2, 0.25) is 0 Å². The molecule has 1 aliphatic heterocycles. The number of nitrogens with two attached hydrogens (primary N) is 1. The fraction of sp³-hybridized carbons (Fsp3) is 0.474. The number of hydrogen-bond acceptors (Lipinski definition) is 3. The van der Waals surface area contributed by atoms with Gasteiger partial charge in [-0.15, -0.1) is 0 Å². The fourth-order valence-electron chi connectivity index (χ4n) is 4.68. The van der Waals surface area contributed by atoms with Crippen molar-refractivity contribution in [3.05, 3.63) is 47.6 Å². The summed E-state index contributed by atoms with van der Waals surface area (Å²) < 4.78 is 23.4. The minimum atomic E-state index is -3.65. The summed E-state index contributed by atoms with van der Waals surface area (Å²) in [5, 5.41) is 9.04. The largest absolute Gasteiger partial charge is 0.381 e. The molecule has 3 aliphatic rings. The van der Waals surface area contributed by atoms with Gasteiger partial charge in [-0.25, -0.2) is 13.6 Å². The Morgan fingerprint density at radius 1 is 1.25 bits per heavy atom. The summed E-state index contributed by atoms with van der Waals surface area (Å²) in [4.78, 5) is 0.225. The van der Waals surface area contributed by atoms with Crippen LogP contribution in [0.5, 0.6) is 0 Å². The second kappa shape index (κ2) is 5.74.